The van der Waals surface area contributed by atoms with Gasteiger partial charge in [0.1, 0.15) is 5.69 Å². The Morgan fingerprint density at radius 3 is 3.06 bits per heavy atom. The third kappa shape index (κ3) is 2.72. The summed E-state index contributed by atoms with van der Waals surface area (Å²) in [5, 5.41) is 20.1. The van der Waals surface area contributed by atoms with Crippen molar-refractivity contribution in [3.63, 3.8) is 0 Å². The largest absolute Gasteiger partial charge is 0.387 e. The standard InChI is InChI=1S/C11H13N3O2S/c1-14-9(2-4-13-14)11(16)12-6-10(15)8-3-5-17-7-8/h2-5,7,10,15H,6H2,1H3,(H,12,16). The molecule has 0 bridgehead atoms. The SMILES string of the molecule is Cn1nccc1C(=O)NCC(O)c1ccsc1. The Hall–Kier alpha value is -1.66. The van der Waals surface area contributed by atoms with Crippen LogP contribution in [0.1, 0.15) is 22.2 Å². The average Bonchev–Trinajstić information content (AvgIpc) is 2.95. The number of aliphatic hydroxyl groups is 1. The van der Waals surface area contributed by atoms with Gasteiger partial charge in [0.15, 0.2) is 0 Å². The Kier molecular flexibility index (Phi) is 3.55. The van der Waals surface area contributed by atoms with Gasteiger partial charge in [0.05, 0.1) is 6.10 Å². The Morgan fingerprint density at radius 2 is 2.47 bits per heavy atom. The number of hydrogen-bond acceptors (Lipinski definition) is 4. The molecule has 0 saturated carbocycles. The molecule has 6 heteroatoms. The molecule has 1 amide bonds. The van der Waals surface area contributed by atoms with Crippen molar-refractivity contribution >= 4 is 17.2 Å². The maximum atomic E-state index is 11.7. The van der Waals surface area contributed by atoms with E-state index in [1.807, 2.05) is 16.8 Å². The topological polar surface area (TPSA) is 67.2 Å². The lowest BCUT2D eigenvalue weighted by Crippen LogP contribution is -2.29. The number of nitrogens with zero attached hydrogens (tertiary/aromatic N) is 2. The minimum absolute atomic E-state index is 0.195. The minimum atomic E-state index is -0.668. The molecule has 2 rings (SSSR count). The number of amides is 1. The average molecular weight is 251 g/mol. The number of rotatable bonds is 4. The van der Waals surface area contributed by atoms with Crippen molar-refractivity contribution in [1.29, 1.82) is 0 Å². The number of aryl methyl sites for hydroxylation is 1. The number of carbonyl (C=O) groups is 1. The lowest BCUT2D eigenvalue weighted by molar-refractivity contribution is 0.0907. The van der Waals surface area contributed by atoms with E-state index in [2.05, 4.69) is 10.4 Å². The molecule has 0 aliphatic carbocycles. The quantitative estimate of drug-likeness (QED) is 0.850. The Morgan fingerprint density at radius 1 is 1.65 bits per heavy atom. The summed E-state index contributed by atoms with van der Waals surface area (Å²) in [4.78, 5) is 11.7. The molecule has 2 heterocycles. The van der Waals surface area contributed by atoms with Gasteiger partial charge in [-0.2, -0.15) is 16.4 Å². The lowest BCUT2D eigenvalue weighted by Gasteiger charge is -2.10. The smallest absolute Gasteiger partial charge is 0.269 e. The number of thiophene rings is 1. The van der Waals surface area contributed by atoms with E-state index in [-0.39, 0.29) is 12.5 Å². The maximum absolute atomic E-state index is 11.7. The first-order chi connectivity index (χ1) is 8.18. The predicted octanol–water partition coefficient (Wildman–Crippen LogP) is 0.945. The molecule has 5 nitrogen and oxygen atoms in total. The Labute approximate surface area is 103 Å². The summed E-state index contributed by atoms with van der Waals surface area (Å²) >= 11 is 1.52. The van der Waals surface area contributed by atoms with E-state index in [1.54, 1.807) is 19.3 Å². The molecule has 0 aromatic carbocycles. The molecular formula is C11H13N3O2S. The minimum Gasteiger partial charge on any atom is -0.387 e. The lowest BCUT2D eigenvalue weighted by atomic mass is 10.2. The second-order valence-electron chi connectivity index (χ2n) is 3.62. The van der Waals surface area contributed by atoms with Crippen molar-refractivity contribution < 1.29 is 9.90 Å². The van der Waals surface area contributed by atoms with Crippen LogP contribution in [-0.2, 0) is 7.05 Å². The number of carbonyl (C=O) groups excluding carboxylic acids is 1. The molecule has 0 fully saturated rings. The molecule has 2 aromatic heterocycles. The zero-order chi connectivity index (χ0) is 12.3. The van der Waals surface area contributed by atoms with Gasteiger partial charge in [-0.15, -0.1) is 0 Å². The van der Waals surface area contributed by atoms with Crippen molar-refractivity contribution in [2.75, 3.05) is 6.54 Å². The summed E-state index contributed by atoms with van der Waals surface area (Å²) in [6.07, 6.45) is 0.892. The van der Waals surface area contributed by atoms with Crippen molar-refractivity contribution in [2.24, 2.45) is 7.05 Å². The molecule has 90 valence electrons. The highest BCUT2D eigenvalue weighted by atomic mass is 32.1. The van der Waals surface area contributed by atoms with Crippen LogP contribution in [0.3, 0.4) is 0 Å². The second kappa shape index (κ2) is 5.11. The van der Waals surface area contributed by atoms with Gasteiger partial charge in [0, 0.05) is 19.8 Å². The monoisotopic (exact) mass is 251 g/mol. The zero-order valence-electron chi connectivity index (χ0n) is 9.33. The summed E-state index contributed by atoms with van der Waals surface area (Å²) in [6.45, 7) is 0.195. The van der Waals surface area contributed by atoms with Crippen molar-refractivity contribution in [3.8, 4) is 0 Å². The fourth-order valence-corrected chi connectivity index (χ4v) is 2.17. The van der Waals surface area contributed by atoms with Crippen LogP contribution in [0.25, 0.3) is 0 Å². The Balaban J connectivity index is 1.91. The van der Waals surface area contributed by atoms with Gasteiger partial charge >= 0.3 is 0 Å². The van der Waals surface area contributed by atoms with Gasteiger partial charge in [-0.25, -0.2) is 0 Å². The van der Waals surface area contributed by atoms with E-state index in [0.29, 0.717) is 5.69 Å². The molecule has 17 heavy (non-hydrogen) atoms. The highest BCUT2D eigenvalue weighted by molar-refractivity contribution is 7.07. The third-order valence-electron chi connectivity index (χ3n) is 2.44. The van der Waals surface area contributed by atoms with Crippen molar-refractivity contribution in [3.05, 3.63) is 40.3 Å². The van der Waals surface area contributed by atoms with Crippen LogP contribution < -0.4 is 5.32 Å². The maximum Gasteiger partial charge on any atom is 0.269 e. The van der Waals surface area contributed by atoms with Gasteiger partial charge in [-0.3, -0.25) is 9.48 Å². The van der Waals surface area contributed by atoms with Gasteiger partial charge in [0.2, 0.25) is 0 Å². The molecule has 0 saturated heterocycles. The Bertz CT molecular complexity index is 493. The van der Waals surface area contributed by atoms with E-state index in [1.165, 1.54) is 16.0 Å². The van der Waals surface area contributed by atoms with Gasteiger partial charge < -0.3 is 10.4 Å². The number of hydrogen-bond donors (Lipinski definition) is 2. The third-order valence-corrected chi connectivity index (χ3v) is 3.14. The first-order valence-corrected chi connectivity index (χ1v) is 6.09. The highest BCUT2D eigenvalue weighted by Crippen LogP contribution is 2.15. The van der Waals surface area contributed by atoms with Crippen LogP contribution in [0.15, 0.2) is 29.1 Å². The van der Waals surface area contributed by atoms with Gasteiger partial charge in [-0.05, 0) is 28.5 Å². The molecule has 2 N–H and O–H groups in total. The van der Waals surface area contributed by atoms with Crippen LogP contribution >= 0.6 is 11.3 Å². The molecule has 0 aliphatic heterocycles. The number of aliphatic hydroxyl groups excluding tert-OH is 1. The molecule has 0 aliphatic rings. The first kappa shape index (κ1) is 11.8. The summed E-state index contributed by atoms with van der Waals surface area (Å²) < 4.78 is 1.49. The number of nitrogens with one attached hydrogen (secondary N) is 1. The van der Waals surface area contributed by atoms with E-state index in [4.69, 9.17) is 0 Å². The van der Waals surface area contributed by atoms with Crippen LogP contribution in [0, 0.1) is 0 Å². The van der Waals surface area contributed by atoms with E-state index >= 15 is 0 Å². The highest BCUT2D eigenvalue weighted by Gasteiger charge is 2.13. The molecule has 1 unspecified atom stereocenters. The molecule has 2 aromatic rings. The summed E-state index contributed by atoms with van der Waals surface area (Å²) in [7, 11) is 1.70. The summed E-state index contributed by atoms with van der Waals surface area (Å²) in [6, 6.07) is 3.47. The van der Waals surface area contributed by atoms with Crippen molar-refractivity contribution in [1.82, 2.24) is 15.1 Å². The predicted molar refractivity (Wildman–Crippen MR) is 64.8 cm³/mol. The summed E-state index contributed by atoms with van der Waals surface area (Å²) in [5.41, 5.74) is 1.29. The van der Waals surface area contributed by atoms with Crippen LogP contribution in [0.2, 0.25) is 0 Å². The van der Waals surface area contributed by atoms with E-state index < -0.39 is 6.10 Å². The first-order valence-electron chi connectivity index (χ1n) is 5.15. The summed E-state index contributed by atoms with van der Waals surface area (Å²) in [5.74, 6) is -0.237. The van der Waals surface area contributed by atoms with Gasteiger partial charge in [-0.1, -0.05) is 0 Å². The molecule has 1 atom stereocenters. The van der Waals surface area contributed by atoms with Crippen LogP contribution in [0.4, 0.5) is 0 Å². The zero-order valence-corrected chi connectivity index (χ0v) is 10.1. The fraction of sp³-hybridized carbons (Fsp3) is 0.273. The molecule has 0 radical (unpaired) electrons. The van der Waals surface area contributed by atoms with Crippen molar-refractivity contribution in [2.45, 2.75) is 6.10 Å². The van der Waals surface area contributed by atoms with Crippen LogP contribution in [-0.4, -0.2) is 27.3 Å². The normalized spacial score (nSPS) is 12.4. The molecular weight excluding hydrogens is 238 g/mol. The van der Waals surface area contributed by atoms with E-state index in [0.717, 1.165) is 5.56 Å². The second-order valence-corrected chi connectivity index (χ2v) is 4.40. The van der Waals surface area contributed by atoms with E-state index in [9.17, 15) is 9.90 Å². The fourth-order valence-electron chi connectivity index (χ4n) is 1.46. The van der Waals surface area contributed by atoms with Gasteiger partial charge in [0.25, 0.3) is 5.91 Å². The molecule has 0 spiro atoms. The number of aromatic nitrogens is 2. The van der Waals surface area contributed by atoms with Crippen LogP contribution in [0.5, 0.6) is 0 Å².